The van der Waals surface area contributed by atoms with Gasteiger partial charge >= 0.3 is 0 Å². The van der Waals surface area contributed by atoms with Gasteiger partial charge in [0.1, 0.15) is 0 Å². The number of amides is 1. The molecule has 14 heavy (non-hydrogen) atoms. The lowest BCUT2D eigenvalue weighted by Gasteiger charge is -2.28. The lowest BCUT2D eigenvalue weighted by Crippen LogP contribution is -2.44. The summed E-state index contributed by atoms with van der Waals surface area (Å²) in [6.07, 6.45) is 4.31. The lowest BCUT2D eigenvalue weighted by molar-refractivity contribution is -0.132. The highest BCUT2D eigenvalue weighted by molar-refractivity contribution is 5.84. The molecule has 2 N–H and O–H groups in total. The fourth-order valence-corrected chi connectivity index (χ4v) is 2.59. The predicted molar refractivity (Wildman–Crippen MR) is 52.7 cm³/mol. The minimum atomic E-state index is -0.270. The summed E-state index contributed by atoms with van der Waals surface area (Å²) < 4.78 is 5.39. The summed E-state index contributed by atoms with van der Waals surface area (Å²) in [6, 6.07) is 0.00848. The van der Waals surface area contributed by atoms with E-state index in [4.69, 9.17) is 10.5 Å². The fraction of sp³-hybridized carbons (Fsp3) is 0.900. The average Bonchev–Trinajstić information content (AvgIpc) is 2.75. The van der Waals surface area contributed by atoms with Gasteiger partial charge in [0.25, 0.3) is 0 Å². The standard InChI is InChI=1S/C10H18N2O2/c1-14-9-4-2-3-8(9)12-6-5-7(11)10(12)13/h7-9H,2-6,11H2,1H3. The minimum Gasteiger partial charge on any atom is -0.379 e. The molecule has 1 saturated carbocycles. The van der Waals surface area contributed by atoms with Gasteiger partial charge in [-0.3, -0.25) is 4.79 Å². The van der Waals surface area contributed by atoms with Crippen LogP contribution in [-0.2, 0) is 9.53 Å². The highest BCUT2D eigenvalue weighted by Gasteiger charge is 2.39. The van der Waals surface area contributed by atoms with Crippen molar-refractivity contribution in [1.82, 2.24) is 4.90 Å². The third-order valence-electron chi connectivity index (χ3n) is 3.40. The first-order valence-corrected chi connectivity index (χ1v) is 5.33. The molecule has 4 heteroatoms. The molecule has 1 aliphatic heterocycles. The molecule has 80 valence electrons. The number of ether oxygens (including phenoxy) is 1. The van der Waals surface area contributed by atoms with Gasteiger partial charge in [0, 0.05) is 13.7 Å². The van der Waals surface area contributed by atoms with E-state index in [9.17, 15) is 4.79 Å². The number of nitrogens with zero attached hydrogens (tertiary/aromatic N) is 1. The monoisotopic (exact) mass is 198 g/mol. The molecule has 1 aliphatic carbocycles. The highest BCUT2D eigenvalue weighted by Crippen LogP contribution is 2.29. The van der Waals surface area contributed by atoms with Crippen molar-refractivity contribution >= 4 is 5.91 Å². The summed E-state index contributed by atoms with van der Waals surface area (Å²) in [5.41, 5.74) is 5.69. The molecule has 2 aliphatic rings. The molecule has 0 radical (unpaired) electrons. The topological polar surface area (TPSA) is 55.6 Å². The third kappa shape index (κ3) is 1.53. The molecule has 3 unspecified atom stereocenters. The van der Waals surface area contributed by atoms with Crippen molar-refractivity contribution in [2.75, 3.05) is 13.7 Å². The normalized spacial score (nSPS) is 38.3. The summed E-state index contributed by atoms with van der Waals surface area (Å²) in [6.45, 7) is 0.810. The van der Waals surface area contributed by atoms with Crippen LogP contribution in [0.4, 0.5) is 0 Å². The van der Waals surface area contributed by atoms with Gasteiger partial charge in [0.2, 0.25) is 5.91 Å². The Balaban J connectivity index is 2.04. The van der Waals surface area contributed by atoms with Crippen molar-refractivity contribution in [1.29, 1.82) is 0 Å². The second kappa shape index (κ2) is 3.87. The number of carbonyl (C=O) groups is 1. The second-order valence-electron chi connectivity index (χ2n) is 4.20. The van der Waals surface area contributed by atoms with E-state index in [2.05, 4.69) is 0 Å². The van der Waals surface area contributed by atoms with Crippen LogP contribution in [0, 0.1) is 0 Å². The van der Waals surface area contributed by atoms with Crippen molar-refractivity contribution in [2.45, 2.75) is 43.9 Å². The van der Waals surface area contributed by atoms with Crippen LogP contribution < -0.4 is 5.73 Å². The van der Waals surface area contributed by atoms with Gasteiger partial charge in [-0.1, -0.05) is 0 Å². The Morgan fingerprint density at radius 3 is 2.79 bits per heavy atom. The molecular formula is C10H18N2O2. The first-order chi connectivity index (χ1) is 6.74. The molecule has 0 spiro atoms. The largest absolute Gasteiger partial charge is 0.379 e. The smallest absolute Gasteiger partial charge is 0.239 e. The molecule has 1 heterocycles. The predicted octanol–water partition coefficient (Wildman–Crippen LogP) is 0.113. The maximum Gasteiger partial charge on any atom is 0.239 e. The van der Waals surface area contributed by atoms with E-state index in [0.717, 1.165) is 32.2 Å². The molecule has 4 nitrogen and oxygen atoms in total. The Kier molecular flexibility index (Phi) is 2.74. The van der Waals surface area contributed by atoms with Crippen LogP contribution >= 0.6 is 0 Å². The van der Waals surface area contributed by atoms with E-state index in [1.807, 2.05) is 4.90 Å². The van der Waals surface area contributed by atoms with Crippen LogP contribution in [0.15, 0.2) is 0 Å². The zero-order valence-corrected chi connectivity index (χ0v) is 8.61. The van der Waals surface area contributed by atoms with Crippen molar-refractivity contribution in [3.8, 4) is 0 Å². The molecule has 1 saturated heterocycles. The Bertz CT molecular complexity index is 232. The van der Waals surface area contributed by atoms with Crippen molar-refractivity contribution in [3.05, 3.63) is 0 Å². The molecular weight excluding hydrogens is 180 g/mol. The van der Waals surface area contributed by atoms with Gasteiger partial charge in [-0.2, -0.15) is 0 Å². The lowest BCUT2D eigenvalue weighted by atomic mass is 10.2. The molecule has 0 aromatic carbocycles. The first-order valence-electron chi connectivity index (χ1n) is 5.33. The zero-order chi connectivity index (χ0) is 10.1. The Morgan fingerprint density at radius 2 is 2.21 bits per heavy atom. The first kappa shape index (κ1) is 9.93. The van der Waals surface area contributed by atoms with Gasteiger partial charge in [-0.15, -0.1) is 0 Å². The van der Waals surface area contributed by atoms with Crippen molar-refractivity contribution in [3.63, 3.8) is 0 Å². The number of hydrogen-bond acceptors (Lipinski definition) is 3. The summed E-state index contributed by atoms with van der Waals surface area (Å²) in [5.74, 6) is 0.110. The van der Waals surface area contributed by atoms with Crippen molar-refractivity contribution in [2.24, 2.45) is 5.73 Å². The van der Waals surface area contributed by atoms with Gasteiger partial charge in [-0.05, 0) is 25.7 Å². The van der Waals surface area contributed by atoms with Crippen LogP contribution in [0.2, 0.25) is 0 Å². The quantitative estimate of drug-likeness (QED) is 0.685. The Labute approximate surface area is 84.4 Å². The van der Waals surface area contributed by atoms with E-state index < -0.39 is 0 Å². The molecule has 0 bridgehead atoms. The zero-order valence-electron chi connectivity index (χ0n) is 8.61. The number of carbonyl (C=O) groups excluding carboxylic acids is 1. The third-order valence-corrected chi connectivity index (χ3v) is 3.40. The Morgan fingerprint density at radius 1 is 1.43 bits per heavy atom. The number of nitrogens with two attached hydrogens (primary N) is 1. The van der Waals surface area contributed by atoms with E-state index in [0.29, 0.717) is 0 Å². The van der Waals surface area contributed by atoms with Crippen LogP contribution in [0.25, 0.3) is 0 Å². The maximum absolute atomic E-state index is 11.7. The van der Waals surface area contributed by atoms with Crippen LogP contribution in [0.1, 0.15) is 25.7 Å². The van der Waals surface area contributed by atoms with Crippen molar-refractivity contribution < 1.29 is 9.53 Å². The second-order valence-corrected chi connectivity index (χ2v) is 4.20. The summed E-state index contributed by atoms with van der Waals surface area (Å²) >= 11 is 0. The van der Waals surface area contributed by atoms with Crippen LogP contribution in [0.5, 0.6) is 0 Å². The van der Waals surface area contributed by atoms with E-state index in [-0.39, 0.29) is 24.1 Å². The number of rotatable bonds is 2. The van der Waals surface area contributed by atoms with Gasteiger partial charge in [-0.25, -0.2) is 0 Å². The highest BCUT2D eigenvalue weighted by atomic mass is 16.5. The molecule has 1 amide bonds. The molecule has 2 rings (SSSR count). The maximum atomic E-state index is 11.7. The van der Waals surface area contributed by atoms with Crippen LogP contribution in [-0.4, -0.2) is 42.6 Å². The number of likely N-dealkylation sites (tertiary alicyclic amines) is 1. The van der Waals surface area contributed by atoms with Crippen LogP contribution in [0.3, 0.4) is 0 Å². The molecule has 3 atom stereocenters. The number of methoxy groups -OCH3 is 1. The summed E-state index contributed by atoms with van der Waals surface area (Å²) in [4.78, 5) is 13.6. The van der Waals surface area contributed by atoms with Gasteiger partial charge in [0.05, 0.1) is 18.2 Å². The summed E-state index contributed by atoms with van der Waals surface area (Å²) in [7, 11) is 1.73. The van der Waals surface area contributed by atoms with E-state index in [1.165, 1.54) is 0 Å². The summed E-state index contributed by atoms with van der Waals surface area (Å²) in [5, 5.41) is 0. The van der Waals surface area contributed by atoms with E-state index in [1.54, 1.807) is 7.11 Å². The fourth-order valence-electron chi connectivity index (χ4n) is 2.59. The van der Waals surface area contributed by atoms with Gasteiger partial charge in [0.15, 0.2) is 0 Å². The molecule has 0 aromatic heterocycles. The van der Waals surface area contributed by atoms with Gasteiger partial charge < -0.3 is 15.4 Å². The molecule has 0 aromatic rings. The molecule has 2 fully saturated rings. The van der Waals surface area contributed by atoms with E-state index >= 15 is 0 Å². The Hall–Kier alpha value is -0.610. The average molecular weight is 198 g/mol. The number of hydrogen-bond donors (Lipinski definition) is 1. The SMILES string of the molecule is COC1CCCC1N1CCC(N)C1=O. The minimum absolute atomic E-state index is 0.110.